The second-order valence-electron chi connectivity index (χ2n) is 6.03. The number of carbonyl (C=O) groups is 1. The van der Waals surface area contributed by atoms with Crippen LogP contribution >= 0.6 is 0 Å². The number of benzene rings is 1. The van der Waals surface area contributed by atoms with Crippen LogP contribution in [0.2, 0.25) is 0 Å². The van der Waals surface area contributed by atoms with E-state index >= 15 is 0 Å². The number of nitrogens with one attached hydrogen (secondary N) is 2. The van der Waals surface area contributed by atoms with Crippen LogP contribution in [0, 0.1) is 19.8 Å². The second kappa shape index (κ2) is 9.46. The van der Waals surface area contributed by atoms with Gasteiger partial charge in [-0.25, -0.2) is 4.79 Å². The summed E-state index contributed by atoms with van der Waals surface area (Å²) in [7, 11) is 0. The Morgan fingerprint density at radius 1 is 1.27 bits per heavy atom. The summed E-state index contributed by atoms with van der Waals surface area (Å²) in [5.74, 6) is 0.344. The highest BCUT2D eigenvalue weighted by atomic mass is 16.3. The molecule has 0 aromatic heterocycles. The van der Waals surface area contributed by atoms with Gasteiger partial charge in [-0.05, 0) is 56.2 Å². The normalized spacial score (nSPS) is 13.5. The van der Waals surface area contributed by atoms with Crippen LogP contribution in [0.4, 0.5) is 4.79 Å². The number of hydrogen-bond donors (Lipinski definition) is 3. The van der Waals surface area contributed by atoms with Gasteiger partial charge in [0.25, 0.3) is 0 Å². The van der Waals surface area contributed by atoms with Crippen molar-refractivity contribution in [3.8, 4) is 0 Å². The highest BCUT2D eigenvalue weighted by Crippen LogP contribution is 2.19. The third-order valence-corrected chi connectivity index (χ3v) is 4.25. The number of amides is 2. The fraction of sp³-hybridized carbons (Fsp3) is 0.611. The van der Waals surface area contributed by atoms with Crippen molar-refractivity contribution >= 4 is 6.03 Å². The minimum absolute atomic E-state index is 0.0256. The van der Waals surface area contributed by atoms with Gasteiger partial charge in [0.15, 0.2) is 0 Å². The van der Waals surface area contributed by atoms with Gasteiger partial charge in [0, 0.05) is 13.2 Å². The zero-order valence-corrected chi connectivity index (χ0v) is 14.3. The fourth-order valence-corrected chi connectivity index (χ4v) is 2.74. The molecule has 2 atom stereocenters. The molecule has 0 heterocycles. The number of aryl methyl sites for hydroxylation is 1. The van der Waals surface area contributed by atoms with Crippen LogP contribution in [0.25, 0.3) is 0 Å². The van der Waals surface area contributed by atoms with Crippen molar-refractivity contribution < 1.29 is 9.90 Å². The van der Waals surface area contributed by atoms with Crippen molar-refractivity contribution in [2.75, 3.05) is 13.2 Å². The summed E-state index contributed by atoms with van der Waals surface area (Å²) in [5.41, 5.74) is 3.60. The smallest absolute Gasteiger partial charge is 0.315 e. The minimum atomic E-state index is -0.146. The lowest BCUT2D eigenvalue weighted by molar-refractivity contribution is 0.227. The largest absolute Gasteiger partial charge is 0.396 e. The molecule has 0 aliphatic heterocycles. The first-order chi connectivity index (χ1) is 10.5. The zero-order valence-electron chi connectivity index (χ0n) is 14.3. The Kier molecular flexibility index (Phi) is 7.96. The summed E-state index contributed by atoms with van der Waals surface area (Å²) in [6.45, 7) is 9.06. The quantitative estimate of drug-likeness (QED) is 0.689. The lowest BCUT2D eigenvalue weighted by atomic mass is 9.98. The van der Waals surface area contributed by atoms with E-state index in [0.29, 0.717) is 12.5 Å². The van der Waals surface area contributed by atoms with Crippen molar-refractivity contribution in [3.05, 3.63) is 34.9 Å². The van der Waals surface area contributed by atoms with Gasteiger partial charge in [-0.3, -0.25) is 0 Å². The lowest BCUT2D eigenvalue weighted by Gasteiger charge is -2.20. The number of aliphatic hydroxyl groups is 1. The van der Waals surface area contributed by atoms with E-state index in [1.165, 1.54) is 11.1 Å². The highest BCUT2D eigenvalue weighted by Gasteiger charge is 2.14. The van der Waals surface area contributed by atoms with Crippen LogP contribution in [0.3, 0.4) is 0 Å². The molecule has 2 unspecified atom stereocenters. The number of aliphatic hydroxyl groups excluding tert-OH is 1. The van der Waals surface area contributed by atoms with Gasteiger partial charge in [-0.15, -0.1) is 0 Å². The first kappa shape index (κ1) is 18.5. The highest BCUT2D eigenvalue weighted by molar-refractivity contribution is 5.74. The number of rotatable bonds is 8. The van der Waals surface area contributed by atoms with Gasteiger partial charge >= 0.3 is 6.03 Å². The maximum atomic E-state index is 12.1. The first-order valence-electron chi connectivity index (χ1n) is 8.20. The van der Waals surface area contributed by atoms with Gasteiger partial charge in [-0.1, -0.05) is 31.5 Å². The van der Waals surface area contributed by atoms with Gasteiger partial charge in [0.2, 0.25) is 0 Å². The SMILES string of the molecule is CCCC(CCO)CNC(=O)NC(C)c1cccc(C)c1C. The van der Waals surface area contributed by atoms with E-state index in [9.17, 15) is 4.79 Å². The van der Waals surface area contributed by atoms with E-state index in [2.05, 4.69) is 43.5 Å². The van der Waals surface area contributed by atoms with Gasteiger partial charge < -0.3 is 15.7 Å². The molecule has 4 heteroatoms. The standard InChI is InChI=1S/C18H30N2O2/c1-5-7-16(10-11-21)12-19-18(22)20-15(4)17-9-6-8-13(2)14(17)3/h6,8-9,15-16,21H,5,7,10-12H2,1-4H3,(H2,19,20,22). The Morgan fingerprint density at radius 3 is 2.64 bits per heavy atom. The Labute approximate surface area is 134 Å². The molecule has 0 aliphatic carbocycles. The van der Waals surface area contributed by atoms with Gasteiger partial charge in [0.05, 0.1) is 6.04 Å². The zero-order chi connectivity index (χ0) is 16.5. The third-order valence-electron chi connectivity index (χ3n) is 4.25. The van der Waals surface area contributed by atoms with Crippen molar-refractivity contribution in [3.63, 3.8) is 0 Å². The van der Waals surface area contributed by atoms with E-state index in [0.717, 1.165) is 24.8 Å². The molecule has 4 nitrogen and oxygen atoms in total. The fourth-order valence-electron chi connectivity index (χ4n) is 2.74. The molecule has 0 fully saturated rings. The van der Waals surface area contributed by atoms with Crippen LogP contribution in [0.1, 0.15) is 55.8 Å². The molecule has 0 spiro atoms. The molecule has 2 amide bonds. The first-order valence-corrected chi connectivity index (χ1v) is 8.20. The van der Waals surface area contributed by atoms with E-state index < -0.39 is 0 Å². The summed E-state index contributed by atoms with van der Waals surface area (Å²) in [5, 5.41) is 15.0. The van der Waals surface area contributed by atoms with Crippen LogP contribution in [0.15, 0.2) is 18.2 Å². The van der Waals surface area contributed by atoms with Crippen molar-refractivity contribution in [2.45, 2.75) is 53.0 Å². The Hall–Kier alpha value is -1.55. The minimum Gasteiger partial charge on any atom is -0.396 e. The molecule has 0 saturated heterocycles. The van der Waals surface area contributed by atoms with Crippen LogP contribution in [-0.2, 0) is 0 Å². The average Bonchev–Trinajstić information content (AvgIpc) is 2.48. The van der Waals surface area contributed by atoms with Crippen LogP contribution in [-0.4, -0.2) is 24.3 Å². The van der Waals surface area contributed by atoms with E-state index in [1.54, 1.807) is 0 Å². The molecule has 1 aromatic carbocycles. The Bertz CT molecular complexity index is 468. The summed E-state index contributed by atoms with van der Waals surface area (Å²) >= 11 is 0. The van der Waals surface area contributed by atoms with Crippen molar-refractivity contribution in [2.24, 2.45) is 5.92 Å². The Morgan fingerprint density at radius 2 is 2.00 bits per heavy atom. The van der Waals surface area contributed by atoms with Crippen LogP contribution in [0.5, 0.6) is 0 Å². The predicted molar refractivity (Wildman–Crippen MR) is 91.0 cm³/mol. The molecule has 0 radical (unpaired) electrons. The Balaban J connectivity index is 2.52. The van der Waals surface area contributed by atoms with Gasteiger partial charge in [0.1, 0.15) is 0 Å². The number of urea groups is 1. The summed E-state index contributed by atoms with van der Waals surface area (Å²) < 4.78 is 0. The van der Waals surface area contributed by atoms with E-state index in [4.69, 9.17) is 5.11 Å². The molecular weight excluding hydrogens is 276 g/mol. The molecule has 0 bridgehead atoms. The molecular formula is C18H30N2O2. The van der Waals surface area contributed by atoms with Crippen molar-refractivity contribution in [1.82, 2.24) is 10.6 Å². The second-order valence-corrected chi connectivity index (χ2v) is 6.03. The third kappa shape index (κ3) is 5.68. The molecule has 3 N–H and O–H groups in total. The van der Waals surface area contributed by atoms with E-state index in [1.807, 2.05) is 13.0 Å². The number of carbonyl (C=O) groups excluding carboxylic acids is 1. The van der Waals surface area contributed by atoms with Crippen molar-refractivity contribution in [1.29, 1.82) is 0 Å². The molecule has 0 aliphatic rings. The predicted octanol–water partition coefficient (Wildman–Crippen LogP) is 3.46. The van der Waals surface area contributed by atoms with Gasteiger partial charge in [-0.2, -0.15) is 0 Å². The summed E-state index contributed by atoms with van der Waals surface area (Å²) in [6.07, 6.45) is 2.82. The molecule has 1 aromatic rings. The number of hydrogen-bond acceptors (Lipinski definition) is 2. The summed E-state index contributed by atoms with van der Waals surface area (Å²) in [4.78, 5) is 12.1. The van der Waals surface area contributed by atoms with E-state index in [-0.39, 0.29) is 18.7 Å². The summed E-state index contributed by atoms with van der Waals surface area (Å²) in [6, 6.07) is 5.98. The maximum Gasteiger partial charge on any atom is 0.315 e. The molecule has 22 heavy (non-hydrogen) atoms. The topological polar surface area (TPSA) is 61.4 Å². The molecule has 0 saturated carbocycles. The maximum absolute atomic E-state index is 12.1. The monoisotopic (exact) mass is 306 g/mol. The van der Waals surface area contributed by atoms with Crippen LogP contribution < -0.4 is 10.6 Å². The average molecular weight is 306 g/mol. The lowest BCUT2D eigenvalue weighted by Crippen LogP contribution is -2.39. The molecule has 124 valence electrons. The molecule has 1 rings (SSSR count).